The van der Waals surface area contributed by atoms with Crippen LogP contribution in [0.3, 0.4) is 0 Å². The van der Waals surface area contributed by atoms with Gasteiger partial charge in [0, 0.05) is 12.6 Å². The van der Waals surface area contributed by atoms with Gasteiger partial charge in [0.2, 0.25) is 5.91 Å². The highest BCUT2D eigenvalue weighted by Crippen LogP contribution is 2.29. The van der Waals surface area contributed by atoms with Crippen molar-refractivity contribution < 1.29 is 18.7 Å². The van der Waals surface area contributed by atoms with Gasteiger partial charge in [-0.15, -0.1) is 0 Å². The zero-order valence-corrected chi connectivity index (χ0v) is 14.2. The number of rotatable bonds is 4. The fourth-order valence-electron chi connectivity index (χ4n) is 2.28. The first-order chi connectivity index (χ1) is 12.0. The van der Waals surface area contributed by atoms with Crippen molar-refractivity contribution in [2.45, 2.75) is 6.92 Å². The number of hydrogen-bond acceptors (Lipinski definition) is 5. The minimum atomic E-state index is -0.532. The Bertz CT molecular complexity index is 971. The molecule has 1 aromatic heterocycles. The molecule has 0 spiro atoms. The van der Waals surface area contributed by atoms with Crippen LogP contribution in [0.4, 0.5) is 15.2 Å². The molecule has 1 heterocycles. The molecule has 6 nitrogen and oxygen atoms in total. The molecule has 0 aliphatic heterocycles. The summed E-state index contributed by atoms with van der Waals surface area (Å²) in [6, 6.07) is 8.96. The third-order valence-electron chi connectivity index (χ3n) is 3.34. The number of carbonyl (C=O) groups is 2. The summed E-state index contributed by atoms with van der Waals surface area (Å²) in [7, 11) is 1.41. The van der Waals surface area contributed by atoms with Gasteiger partial charge >= 0.3 is 0 Å². The molecule has 2 amide bonds. The molecule has 3 rings (SSSR count). The number of halogens is 1. The normalized spacial score (nSPS) is 10.5. The van der Waals surface area contributed by atoms with Gasteiger partial charge in [0.15, 0.2) is 5.13 Å². The minimum Gasteiger partial charge on any atom is -0.496 e. The van der Waals surface area contributed by atoms with Gasteiger partial charge in [-0.05, 0) is 36.4 Å². The van der Waals surface area contributed by atoms with E-state index in [0.717, 1.165) is 10.8 Å². The van der Waals surface area contributed by atoms with E-state index in [-0.39, 0.29) is 17.2 Å². The molecule has 0 saturated heterocycles. The average molecular weight is 359 g/mol. The molecule has 0 atom stereocenters. The minimum absolute atomic E-state index is 0.0840. The van der Waals surface area contributed by atoms with Gasteiger partial charge in [0.1, 0.15) is 11.6 Å². The lowest BCUT2D eigenvalue weighted by atomic mass is 10.2. The Labute approximate surface area is 146 Å². The van der Waals surface area contributed by atoms with E-state index in [1.807, 2.05) is 0 Å². The summed E-state index contributed by atoms with van der Waals surface area (Å²) >= 11 is 1.25. The molecule has 2 aromatic carbocycles. The summed E-state index contributed by atoms with van der Waals surface area (Å²) in [5.41, 5.74) is 1.41. The first-order valence-electron chi connectivity index (χ1n) is 7.29. The summed E-state index contributed by atoms with van der Waals surface area (Å²) in [6.45, 7) is 1.43. The Morgan fingerprint density at radius 2 is 1.96 bits per heavy atom. The van der Waals surface area contributed by atoms with Crippen molar-refractivity contribution in [3.05, 3.63) is 47.8 Å². The fraction of sp³-hybridized carbons (Fsp3) is 0.118. The highest BCUT2D eigenvalue weighted by Gasteiger charge is 2.15. The third-order valence-corrected chi connectivity index (χ3v) is 4.27. The predicted octanol–water partition coefficient (Wildman–Crippen LogP) is 3.65. The van der Waals surface area contributed by atoms with Crippen molar-refractivity contribution in [2.75, 3.05) is 17.7 Å². The summed E-state index contributed by atoms with van der Waals surface area (Å²) < 4.78 is 19.3. The van der Waals surface area contributed by atoms with Gasteiger partial charge in [-0.1, -0.05) is 11.3 Å². The van der Waals surface area contributed by atoms with Crippen LogP contribution < -0.4 is 15.4 Å². The van der Waals surface area contributed by atoms with Gasteiger partial charge < -0.3 is 10.1 Å². The summed E-state index contributed by atoms with van der Waals surface area (Å²) in [5.74, 6) is -0.948. The van der Waals surface area contributed by atoms with E-state index >= 15 is 0 Å². The summed E-state index contributed by atoms with van der Waals surface area (Å²) in [6.07, 6.45) is 0. The Balaban J connectivity index is 1.86. The van der Waals surface area contributed by atoms with Crippen LogP contribution in [0.2, 0.25) is 0 Å². The number of thiazole rings is 1. The van der Waals surface area contributed by atoms with Crippen molar-refractivity contribution in [3.63, 3.8) is 0 Å². The van der Waals surface area contributed by atoms with Crippen molar-refractivity contribution in [1.29, 1.82) is 0 Å². The van der Waals surface area contributed by atoms with Crippen LogP contribution in [0.15, 0.2) is 36.4 Å². The van der Waals surface area contributed by atoms with Gasteiger partial charge in [-0.2, -0.15) is 0 Å². The second-order valence-corrected chi connectivity index (χ2v) is 6.21. The maximum Gasteiger partial charge on any atom is 0.261 e. The third kappa shape index (κ3) is 3.74. The number of benzene rings is 2. The number of nitrogens with one attached hydrogen (secondary N) is 2. The van der Waals surface area contributed by atoms with Crippen molar-refractivity contribution in [3.8, 4) is 5.75 Å². The molecule has 0 bridgehead atoms. The number of anilines is 2. The van der Waals surface area contributed by atoms with Crippen LogP contribution in [0, 0.1) is 5.82 Å². The maximum atomic E-state index is 13.4. The van der Waals surface area contributed by atoms with E-state index in [4.69, 9.17) is 4.74 Å². The van der Waals surface area contributed by atoms with Crippen LogP contribution in [0.5, 0.6) is 5.75 Å². The molecule has 2 N–H and O–H groups in total. The lowest BCUT2D eigenvalue weighted by molar-refractivity contribution is -0.114. The number of nitrogens with zero attached hydrogens (tertiary/aromatic N) is 1. The molecule has 0 unspecified atom stereocenters. The highest BCUT2D eigenvalue weighted by atomic mass is 32.1. The van der Waals surface area contributed by atoms with E-state index in [1.54, 1.807) is 18.2 Å². The first kappa shape index (κ1) is 16.8. The number of amides is 2. The number of ether oxygens (including phenoxy) is 1. The Morgan fingerprint density at radius 3 is 2.68 bits per heavy atom. The molecule has 0 fully saturated rings. The maximum absolute atomic E-state index is 13.4. The highest BCUT2D eigenvalue weighted by molar-refractivity contribution is 7.22. The Hall–Kier alpha value is -3.00. The molecule has 3 aromatic rings. The number of methoxy groups -OCH3 is 1. The molecular weight excluding hydrogens is 345 g/mol. The van der Waals surface area contributed by atoms with Crippen molar-refractivity contribution >= 4 is 44.2 Å². The van der Waals surface area contributed by atoms with Crippen molar-refractivity contribution in [1.82, 2.24) is 4.98 Å². The quantitative estimate of drug-likeness (QED) is 0.745. The lowest BCUT2D eigenvalue weighted by Gasteiger charge is -2.07. The Kier molecular flexibility index (Phi) is 4.62. The van der Waals surface area contributed by atoms with E-state index in [0.29, 0.717) is 16.3 Å². The van der Waals surface area contributed by atoms with Crippen LogP contribution >= 0.6 is 11.3 Å². The van der Waals surface area contributed by atoms with Crippen LogP contribution in [0.25, 0.3) is 10.2 Å². The van der Waals surface area contributed by atoms with Gasteiger partial charge in [-0.3, -0.25) is 14.9 Å². The molecule has 0 aliphatic carbocycles. The van der Waals surface area contributed by atoms with E-state index in [9.17, 15) is 14.0 Å². The predicted molar refractivity (Wildman–Crippen MR) is 94.8 cm³/mol. The Morgan fingerprint density at radius 1 is 1.16 bits per heavy atom. The molecule has 25 heavy (non-hydrogen) atoms. The monoisotopic (exact) mass is 359 g/mol. The summed E-state index contributed by atoms with van der Waals surface area (Å²) in [5, 5.41) is 5.70. The zero-order valence-electron chi connectivity index (χ0n) is 13.4. The van der Waals surface area contributed by atoms with Crippen LogP contribution in [-0.4, -0.2) is 23.9 Å². The SMILES string of the molecule is COc1ccc(F)cc1C(=O)Nc1nc2ccc(NC(C)=O)cc2s1. The van der Waals surface area contributed by atoms with E-state index in [1.165, 1.54) is 37.5 Å². The number of aromatic nitrogens is 1. The van der Waals surface area contributed by atoms with Crippen LogP contribution in [0.1, 0.15) is 17.3 Å². The topological polar surface area (TPSA) is 80.3 Å². The molecular formula is C17H14FN3O3S. The number of carbonyl (C=O) groups excluding carboxylic acids is 2. The fourth-order valence-corrected chi connectivity index (χ4v) is 3.18. The molecule has 0 radical (unpaired) electrons. The van der Waals surface area contributed by atoms with Gasteiger partial charge in [0.05, 0.1) is 22.9 Å². The summed E-state index contributed by atoms with van der Waals surface area (Å²) in [4.78, 5) is 27.8. The number of hydrogen-bond donors (Lipinski definition) is 2. The first-order valence-corrected chi connectivity index (χ1v) is 8.11. The average Bonchev–Trinajstić information content (AvgIpc) is 2.95. The van der Waals surface area contributed by atoms with E-state index in [2.05, 4.69) is 15.6 Å². The number of fused-ring (bicyclic) bond motifs is 1. The van der Waals surface area contributed by atoms with Crippen LogP contribution in [-0.2, 0) is 4.79 Å². The largest absolute Gasteiger partial charge is 0.496 e. The smallest absolute Gasteiger partial charge is 0.261 e. The molecule has 8 heteroatoms. The lowest BCUT2D eigenvalue weighted by Crippen LogP contribution is -2.13. The second-order valence-electron chi connectivity index (χ2n) is 5.18. The standard InChI is InChI=1S/C17H14FN3O3S/c1-9(22)19-11-4-5-13-15(8-11)25-17(20-13)21-16(23)12-7-10(18)3-6-14(12)24-2/h3-8H,1-2H3,(H,19,22)(H,20,21,23). The van der Waals surface area contributed by atoms with E-state index < -0.39 is 11.7 Å². The molecule has 128 valence electrons. The van der Waals surface area contributed by atoms with Gasteiger partial charge in [0.25, 0.3) is 5.91 Å². The zero-order chi connectivity index (χ0) is 18.0. The molecule has 0 aliphatic rings. The molecule has 0 saturated carbocycles. The second kappa shape index (κ2) is 6.86. The van der Waals surface area contributed by atoms with Gasteiger partial charge in [-0.25, -0.2) is 9.37 Å². The van der Waals surface area contributed by atoms with Crippen molar-refractivity contribution in [2.24, 2.45) is 0 Å².